The molecular weight excluding hydrogens is 424 g/mol. The van der Waals surface area contributed by atoms with Crippen molar-refractivity contribution >= 4 is 27.6 Å². The number of ether oxygens (including phenoxy) is 1. The Kier molecular flexibility index (Phi) is 5.38. The Balaban J connectivity index is 1.40. The molecule has 11 heteroatoms. The molecule has 1 atom stereocenters. The average molecular weight is 444 g/mol. The zero-order valence-electron chi connectivity index (χ0n) is 16.6. The molecule has 3 aromatic rings. The molecule has 0 saturated heterocycles. The number of furan rings is 1. The quantitative estimate of drug-likeness (QED) is 0.566. The van der Waals surface area contributed by atoms with Gasteiger partial charge in [-0.15, -0.1) is 0 Å². The summed E-state index contributed by atoms with van der Waals surface area (Å²) in [4.78, 5) is 26.5. The highest BCUT2D eigenvalue weighted by atomic mass is 32.2. The molecule has 10 nitrogen and oxygen atoms in total. The van der Waals surface area contributed by atoms with Crippen molar-refractivity contribution in [2.75, 3.05) is 11.5 Å². The zero-order valence-corrected chi connectivity index (χ0v) is 17.4. The van der Waals surface area contributed by atoms with Crippen LogP contribution in [0.1, 0.15) is 28.8 Å². The van der Waals surface area contributed by atoms with Crippen molar-refractivity contribution in [1.82, 2.24) is 9.78 Å². The van der Waals surface area contributed by atoms with Crippen LogP contribution >= 0.6 is 0 Å². The third-order valence-corrected chi connectivity index (χ3v) is 5.84. The number of hydrogen-bond acceptors (Lipinski definition) is 7. The van der Waals surface area contributed by atoms with Gasteiger partial charge in [-0.3, -0.25) is 9.48 Å². The molecule has 162 valence electrons. The molecule has 2 N–H and O–H groups in total. The number of nitrogens with two attached hydrogens (primary N) is 1. The molecule has 31 heavy (non-hydrogen) atoms. The first-order valence-corrected chi connectivity index (χ1v) is 11.0. The Morgan fingerprint density at radius 3 is 2.81 bits per heavy atom. The smallest absolute Gasteiger partial charge is 0.374 e. The van der Waals surface area contributed by atoms with Gasteiger partial charge in [-0.25, -0.2) is 18.4 Å². The number of rotatable bonds is 6. The van der Waals surface area contributed by atoms with Gasteiger partial charge in [0.1, 0.15) is 5.76 Å². The monoisotopic (exact) mass is 444 g/mol. The summed E-state index contributed by atoms with van der Waals surface area (Å²) in [5.74, 6) is -0.666. The van der Waals surface area contributed by atoms with Crippen LogP contribution in [-0.4, -0.2) is 42.7 Å². The van der Waals surface area contributed by atoms with E-state index in [0.717, 1.165) is 0 Å². The predicted molar refractivity (Wildman–Crippen MR) is 109 cm³/mol. The first kappa shape index (κ1) is 20.8. The molecule has 0 bridgehead atoms. The lowest BCUT2D eigenvalue weighted by atomic mass is 10.1. The second-order valence-corrected chi connectivity index (χ2v) is 8.76. The molecule has 1 unspecified atom stereocenters. The van der Waals surface area contributed by atoms with E-state index in [2.05, 4.69) is 5.10 Å². The molecule has 1 aromatic carbocycles. The Hall–Kier alpha value is -3.44. The largest absolute Gasteiger partial charge is 0.452 e. The van der Waals surface area contributed by atoms with E-state index in [4.69, 9.17) is 14.3 Å². The SMILES string of the molecule is CC1Cc2cc(S(N)(=O)=O)ccc2N1C(=O)COC(=O)c1ccc(Cn2cccn2)o1. The number of amides is 1. The Bertz CT molecular complexity index is 1230. The molecule has 4 rings (SSSR count). The van der Waals surface area contributed by atoms with Crippen LogP contribution < -0.4 is 10.0 Å². The van der Waals surface area contributed by atoms with Gasteiger partial charge < -0.3 is 14.1 Å². The first-order valence-electron chi connectivity index (χ1n) is 9.43. The van der Waals surface area contributed by atoms with Crippen molar-refractivity contribution in [3.63, 3.8) is 0 Å². The third kappa shape index (κ3) is 4.37. The van der Waals surface area contributed by atoms with Crippen LogP contribution in [0.5, 0.6) is 0 Å². The summed E-state index contributed by atoms with van der Waals surface area (Å²) in [6.07, 6.45) is 3.87. The van der Waals surface area contributed by atoms with Crippen LogP contribution in [0, 0.1) is 0 Å². The maximum atomic E-state index is 12.7. The van der Waals surface area contributed by atoms with Crippen molar-refractivity contribution in [3.8, 4) is 0 Å². The normalized spacial score (nSPS) is 15.7. The molecule has 1 aliphatic rings. The van der Waals surface area contributed by atoms with Crippen LogP contribution in [0.2, 0.25) is 0 Å². The summed E-state index contributed by atoms with van der Waals surface area (Å²) in [5.41, 5.74) is 1.26. The Morgan fingerprint density at radius 2 is 2.10 bits per heavy atom. The second-order valence-electron chi connectivity index (χ2n) is 7.20. The highest BCUT2D eigenvalue weighted by Gasteiger charge is 2.32. The van der Waals surface area contributed by atoms with Crippen molar-refractivity contribution < 1.29 is 27.2 Å². The minimum absolute atomic E-state index is 0.0112. The van der Waals surface area contributed by atoms with Crippen LogP contribution in [0.3, 0.4) is 0 Å². The summed E-state index contributed by atoms with van der Waals surface area (Å²) in [6, 6.07) is 9.02. The van der Waals surface area contributed by atoms with E-state index < -0.39 is 28.5 Å². The van der Waals surface area contributed by atoms with E-state index in [1.165, 1.54) is 29.2 Å². The Labute approximate surface area is 178 Å². The van der Waals surface area contributed by atoms with Gasteiger partial charge in [-0.2, -0.15) is 5.10 Å². The van der Waals surface area contributed by atoms with E-state index in [1.54, 1.807) is 29.2 Å². The maximum Gasteiger partial charge on any atom is 0.374 e. The van der Waals surface area contributed by atoms with Crippen molar-refractivity contribution in [1.29, 1.82) is 0 Å². The van der Waals surface area contributed by atoms with E-state index >= 15 is 0 Å². The number of carbonyl (C=O) groups is 2. The molecule has 0 spiro atoms. The summed E-state index contributed by atoms with van der Waals surface area (Å²) in [7, 11) is -3.84. The number of nitrogens with zero attached hydrogens (tertiary/aromatic N) is 3. The van der Waals surface area contributed by atoms with Crippen LogP contribution in [0.15, 0.2) is 58.1 Å². The summed E-state index contributed by atoms with van der Waals surface area (Å²) < 4.78 is 35.4. The van der Waals surface area contributed by atoms with Gasteiger partial charge in [0.25, 0.3) is 5.91 Å². The summed E-state index contributed by atoms with van der Waals surface area (Å²) in [6.45, 7) is 1.71. The van der Waals surface area contributed by atoms with E-state index in [1.807, 2.05) is 6.92 Å². The van der Waals surface area contributed by atoms with Crippen molar-refractivity contribution in [2.24, 2.45) is 5.14 Å². The molecular formula is C20H20N4O6S. The number of hydrogen-bond donors (Lipinski definition) is 1. The van der Waals surface area contributed by atoms with Crippen molar-refractivity contribution in [2.45, 2.75) is 30.8 Å². The maximum absolute atomic E-state index is 12.7. The molecule has 0 fully saturated rings. The van der Waals surface area contributed by atoms with E-state index in [0.29, 0.717) is 30.0 Å². The fraction of sp³-hybridized carbons (Fsp3) is 0.250. The fourth-order valence-corrected chi connectivity index (χ4v) is 4.12. The predicted octanol–water partition coefficient (Wildman–Crippen LogP) is 1.31. The van der Waals surface area contributed by atoms with Gasteiger partial charge in [-0.1, -0.05) is 0 Å². The van der Waals surface area contributed by atoms with Crippen LogP contribution in [0.25, 0.3) is 0 Å². The number of esters is 1. The first-order chi connectivity index (χ1) is 14.7. The molecule has 0 saturated carbocycles. The number of aromatic nitrogens is 2. The molecule has 1 amide bonds. The number of carbonyl (C=O) groups excluding carboxylic acids is 2. The molecule has 2 aromatic heterocycles. The van der Waals surface area contributed by atoms with Gasteiger partial charge in [0.15, 0.2) is 6.61 Å². The molecule has 1 aliphatic heterocycles. The van der Waals surface area contributed by atoms with Gasteiger partial charge in [-0.05, 0) is 55.3 Å². The highest BCUT2D eigenvalue weighted by Crippen LogP contribution is 2.33. The van der Waals surface area contributed by atoms with Crippen LogP contribution in [-0.2, 0) is 32.5 Å². The molecule has 3 heterocycles. The third-order valence-electron chi connectivity index (χ3n) is 4.93. The molecule has 0 aliphatic carbocycles. The van der Waals surface area contributed by atoms with Gasteiger partial charge in [0.05, 0.1) is 11.4 Å². The number of primary sulfonamides is 1. The number of anilines is 1. The number of sulfonamides is 1. The highest BCUT2D eigenvalue weighted by molar-refractivity contribution is 7.89. The van der Waals surface area contributed by atoms with E-state index in [-0.39, 0.29) is 16.7 Å². The topological polar surface area (TPSA) is 138 Å². The zero-order chi connectivity index (χ0) is 22.2. The minimum atomic E-state index is -3.84. The minimum Gasteiger partial charge on any atom is -0.452 e. The summed E-state index contributed by atoms with van der Waals surface area (Å²) >= 11 is 0. The average Bonchev–Trinajstić information content (AvgIpc) is 3.44. The van der Waals surface area contributed by atoms with Gasteiger partial charge in [0.2, 0.25) is 15.8 Å². The standard InChI is InChI=1S/C20H20N4O6S/c1-13-9-14-10-16(31(21,27)28)4-5-17(14)24(13)19(25)12-29-20(26)18-6-3-15(30-18)11-23-8-2-7-22-23/h2-8,10,13H,9,11-12H2,1H3,(H2,21,27,28). The fourth-order valence-electron chi connectivity index (χ4n) is 3.56. The Morgan fingerprint density at radius 1 is 1.29 bits per heavy atom. The second kappa shape index (κ2) is 8.00. The van der Waals surface area contributed by atoms with Crippen LogP contribution in [0.4, 0.5) is 5.69 Å². The van der Waals surface area contributed by atoms with Crippen molar-refractivity contribution in [3.05, 3.63) is 65.9 Å². The lowest BCUT2D eigenvalue weighted by Gasteiger charge is -2.22. The van der Waals surface area contributed by atoms with E-state index in [9.17, 15) is 18.0 Å². The van der Waals surface area contributed by atoms with Gasteiger partial charge >= 0.3 is 5.97 Å². The number of fused-ring (bicyclic) bond motifs is 1. The summed E-state index contributed by atoms with van der Waals surface area (Å²) in [5, 5.41) is 9.24. The lowest BCUT2D eigenvalue weighted by Crippen LogP contribution is -2.38. The molecule has 0 radical (unpaired) electrons. The van der Waals surface area contributed by atoms with Gasteiger partial charge in [0, 0.05) is 24.1 Å². The number of benzene rings is 1. The lowest BCUT2D eigenvalue weighted by molar-refractivity contribution is -0.122.